The maximum absolute atomic E-state index is 10.1. The predicted molar refractivity (Wildman–Crippen MR) is 28.5 cm³/mol. The zero-order valence-corrected chi connectivity index (χ0v) is 7.08. The monoisotopic (exact) mass is 177 g/mol. The Labute approximate surface area is 57.9 Å². The number of hydrogen-bond donors (Lipinski definition) is 1. The second kappa shape index (κ2) is 3.24. The van der Waals surface area contributed by atoms with E-state index in [1.807, 2.05) is 0 Å². The van der Waals surface area contributed by atoms with Crippen LogP contribution in [0.5, 0.6) is 0 Å². The molecule has 0 spiro atoms. The molecule has 0 aromatic rings. The van der Waals surface area contributed by atoms with Gasteiger partial charge in [-0.05, 0) is 0 Å². The molecule has 0 aromatic carbocycles. The second-order valence-electron chi connectivity index (χ2n) is 1.07. The van der Waals surface area contributed by atoms with Crippen LogP contribution >= 0.6 is 0 Å². The Balaban J connectivity index is 2.31. The highest BCUT2D eigenvalue weighted by molar-refractivity contribution is 6.84. The van der Waals surface area contributed by atoms with Crippen molar-refractivity contribution < 1.29 is 22.2 Å². The summed E-state index contributed by atoms with van der Waals surface area (Å²) < 4.78 is 13.9. The van der Waals surface area contributed by atoms with Crippen LogP contribution in [0.15, 0.2) is 0 Å². The van der Waals surface area contributed by atoms with E-state index in [9.17, 15) is 4.79 Å². The van der Waals surface area contributed by atoms with Gasteiger partial charge in [-0.25, -0.2) is 0 Å². The van der Waals surface area contributed by atoms with Crippen LogP contribution in [0, 0.1) is 0 Å². The molecule has 1 aliphatic heterocycles. The summed E-state index contributed by atoms with van der Waals surface area (Å²) in [5.41, 5.74) is -1.01. The summed E-state index contributed by atoms with van der Waals surface area (Å²) in [6, 6.07) is 0. The number of rotatable bonds is 1. The van der Waals surface area contributed by atoms with Crippen molar-refractivity contribution >= 4 is 34.9 Å². The van der Waals surface area contributed by atoms with Crippen molar-refractivity contribution in [1.29, 1.82) is 0 Å². The Bertz CT molecular complexity index is 109. The van der Waals surface area contributed by atoms with Crippen molar-refractivity contribution in [3.8, 4) is 0 Å². The van der Waals surface area contributed by atoms with Gasteiger partial charge in [-0.15, -0.1) is 0 Å². The summed E-state index contributed by atoms with van der Waals surface area (Å²) in [5.74, 6) is 0. The summed E-state index contributed by atoms with van der Waals surface area (Å²) in [6.45, 7) is 0. The molecular weight excluding hydrogens is 176 g/mol. The van der Waals surface area contributed by atoms with E-state index in [1.165, 1.54) is 0 Å². The number of carbonyl (C=O) groups is 1. The van der Waals surface area contributed by atoms with Crippen LogP contribution in [0.2, 0.25) is 0 Å². The fraction of sp³-hybridized carbons (Fsp3) is 0. The van der Waals surface area contributed by atoms with Crippen LogP contribution in [0.1, 0.15) is 0 Å². The van der Waals surface area contributed by atoms with E-state index in [0.717, 1.165) is 0 Å². The molecule has 0 atom stereocenters. The fourth-order valence-corrected chi connectivity index (χ4v) is 3.31. The lowest BCUT2D eigenvalue weighted by Gasteiger charge is -2.13. The molecule has 1 N–H and O–H groups in total. The van der Waals surface area contributed by atoms with Gasteiger partial charge in [0, 0.05) is 0 Å². The quantitative estimate of drug-likeness (QED) is 0.513. The third-order valence-corrected chi connectivity index (χ3v) is 3.69. The average Bonchev–Trinajstić information content (AvgIpc) is 1.90. The first-order valence-electron chi connectivity index (χ1n) is 1.90. The SMILES string of the molecule is O=C(O)[Si]1O[Si]O[Si]O1. The molecule has 0 bridgehead atoms. The first-order chi connectivity index (χ1) is 4.30. The third-order valence-electron chi connectivity index (χ3n) is 0.527. The summed E-state index contributed by atoms with van der Waals surface area (Å²) >= 11 is 0. The van der Waals surface area contributed by atoms with Gasteiger partial charge in [0.25, 0.3) is 0 Å². The molecular formula is CHO5Si3. The van der Waals surface area contributed by atoms with Crippen molar-refractivity contribution in [3.05, 3.63) is 0 Å². The average molecular weight is 177 g/mol. The van der Waals surface area contributed by atoms with Gasteiger partial charge in [0.05, 0.1) is 0 Å². The Morgan fingerprint density at radius 2 is 2.00 bits per heavy atom. The van der Waals surface area contributed by atoms with E-state index in [2.05, 4.69) is 12.3 Å². The molecule has 1 fully saturated rings. The minimum atomic E-state index is -2.05. The molecule has 0 saturated carbocycles. The lowest BCUT2D eigenvalue weighted by atomic mass is 11.6. The highest BCUT2D eigenvalue weighted by atomic mass is 28.4. The molecule has 5 radical (unpaired) electrons. The molecule has 8 heteroatoms. The molecule has 1 heterocycles. The predicted octanol–water partition coefficient (Wildman–Crippen LogP) is -1.13. The van der Waals surface area contributed by atoms with Crippen LogP contribution < -0.4 is 0 Å². The maximum atomic E-state index is 10.1. The van der Waals surface area contributed by atoms with Gasteiger partial charge >= 0.3 is 34.9 Å². The smallest absolute Gasteiger partial charge is 0.481 e. The molecule has 1 rings (SSSR count). The van der Waals surface area contributed by atoms with E-state index in [-0.39, 0.29) is 20.0 Å². The van der Waals surface area contributed by atoms with Gasteiger partial charge in [-0.2, -0.15) is 0 Å². The van der Waals surface area contributed by atoms with Gasteiger partial charge in [0.2, 0.25) is 0 Å². The van der Waals surface area contributed by atoms with Crippen LogP contribution in [-0.2, 0) is 12.3 Å². The van der Waals surface area contributed by atoms with Gasteiger partial charge in [-0.3, -0.25) is 4.79 Å². The van der Waals surface area contributed by atoms with E-state index >= 15 is 0 Å². The van der Waals surface area contributed by atoms with Crippen molar-refractivity contribution in [2.45, 2.75) is 0 Å². The summed E-state index contributed by atoms with van der Waals surface area (Å²) in [6.07, 6.45) is 0. The lowest BCUT2D eigenvalue weighted by molar-refractivity contribution is 0.205. The van der Waals surface area contributed by atoms with E-state index in [0.29, 0.717) is 0 Å². The molecule has 0 unspecified atom stereocenters. The van der Waals surface area contributed by atoms with Crippen LogP contribution in [0.25, 0.3) is 0 Å². The van der Waals surface area contributed by atoms with Gasteiger partial charge in [0.1, 0.15) is 0 Å². The van der Waals surface area contributed by atoms with Gasteiger partial charge < -0.3 is 17.5 Å². The first-order valence-corrected chi connectivity index (χ1v) is 4.85. The maximum Gasteiger partial charge on any atom is 0.499 e. The van der Waals surface area contributed by atoms with E-state index in [4.69, 9.17) is 5.11 Å². The van der Waals surface area contributed by atoms with Gasteiger partial charge in [-0.1, -0.05) is 0 Å². The Hall–Kier alpha value is 0.000649. The molecule has 47 valence electrons. The van der Waals surface area contributed by atoms with Gasteiger partial charge in [0.15, 0.2) is 0 Å². The molecule has 1 aliphatic rings. The number of carboxylic acid groups (broad SMARTS) is 1. The van der Waals surface area contributed by atoms with E-state index in [1.54, 1.807) is 0 Å². The Morgan fingerprint density at radius 3 is 2.33 bits per heavy atom. The minimum Gasteiger partial charge on any atom is -0.481 e. The summed E-state index contributed by atoms with van der Waals surface area (Å²) in [5, 5.41) is 8.29. The molecule has 0 amide bonds. The standard InChI is InChI=1S/CHO5Si3/c2-1(3)9-5-7-4-8-6-9/h(H,2,3). The third kappa shape index (κ3) is 2.00. The van der Waals surface area contributed by atoms with Crippen molar-refractivity contribution in [3.63, 3.8) is 0 Å². The molecule has 5 nitrogen and oxygen atoms in total. The van der Waals surface area contributed by atoms with Crippen molar-refractivity contribution in [2.24, 2.45) is 0 Å². The van der Waals surface area contributed by atoms with Crippen molar-refractivity contribution in [2.75, 3.05) is 0 Å². The highest BCUT2D eigenvalue weighted by Gasteiger charge is 2.30. The first kappa shape index (κ1) is 7.11. The summed E-state index contributed by atoms with van der Waals surface area (Å²) in [4.78, 5) is 10.1. The Morgan fingerprint density at radius 1 is 1.44 bits per heavy atom. The second-order valence-corrected chi connectivity index (χ2v) is 4.85. The largest absolute Gasteiger partial charge is 0.499 e. The highest BCUT2D eigenvalue weighted by Crippen LogP contribution is 1.94. The van der Waals surface area contributed by atoms with Crippen molar-refractivity contribution in [1.82, 2.24) is 0 Å². The molecule has 0 aromatic heterocycles. The normalized spacial score (nSPS) is 21.8. The minimum absolute atomic E-state index is 0.173. The summed E-state index contributed by atoms with van der Waals surface area (Å²) in [7, 11) is -2.40. The van der Waals surface area contributed by atoms with Crippen LogP contribution in [0.4, 0.5) is 4.79 Å². The molecule has 0 aliphatic carbocycles. The zero-order chi connectivity index (χ0) is 6.69. The van der Waals surface area contributed by atoms with Crippen LogP contribution in [0.3, 0.4) is 0 Å². The topological polar surface area (TPSA) is 65.0 Å². The molecule has 1 saturated heterocycles. The fourth-order valence-electron chi connectivity index (χ4n) is 0.243. The zero-order valence-electron chi connectivity index (χ0n) is 4.08. The van der Waals surface area contributed by atoms with E-state index < -0.39 is 14.9 Å². The van der Waals surface area contributed by atoms with Crippen LogP contribution in [-0.4, -0.2) is 40.0 Å². The lowest BCUT2D eigenvalue weighted by Crippen LogP contribution is -2.40. The Kier molecular flexibility index (Phi) is 2.56. The number of hydrogen-bond acceptors (Lipinski definition) is 4. The molecule has 9 heavy (non-hydrogen) atoms.